The molecule has 1 saturated carbocycles. The van der Waals surface area contributed by atoms with E-state index in [0.717, 1.165) is 43.4 Å². The zero-order valence-electron chi connectivity index (χ0n) is 14.1. The molecule has 1 aromatic heterocycles. The molecule has 0 amide bonds. The van der Waals surface area contributed by atoms with Gasteiger partial charge in [-0.2, -0.15) is 4.98 Å². The normalized spacial score (nSPS) is 17.4. The average molecular weight is 315 g/mol. The maximum Gasteiger partial charge on any atom is 0.232 e. The van der Waals surface area contributed by atoms with Crippen LogP contribution in [0.1, 0.15) is 56.8 Å². The predicted molar refractivity (Wildman–Crippen MR) is 88.4 cm³/mol. The standard InChI is InChI=1S/C18H25N3O2/c1-17(2,12-13-8-4-5-9-14(13)22-3)16-20-15(21-23-16)18(19)10-6-7-11-18/h4-5,8-9H,6-7,10-12,19H2,1-3H3. The Balaban J connectivity index is 1.84. The summed E-state index contributed by atoms with van der Waals surface area (Å²) in [5.41, 5.74) is 6.86. The third-order valence-electron chi connectivity index (χ3n) is 4.77. The number of aromatic nitrogens is 2. The topological polar surface area (TPSA) is 74.2 Å². The van der Waals surface area contributed by atoms with Gasteiger partial charge in [0, 0.05) is 5.41 Å². The Labute approximate surface area is 137 Å². The number of ether oxygens (including phenoxy) is 1. The smallest absolute Gasteiger partial charge is 0.232 e. The van der Waals surface area contributed by atoms with E-state index in [1.165, 1.54) is 0 Å². The van der Waals surface area contributed by atoms with E-state index in [4.69, 9.17) is 15.0 Å². The van der Waals surface area contributed by atoms with Crippen molar-refractivity contribution in [3.8, 4) is 5.75 Å². The van der Waals surface area contributed by atoms with Gasteiger partial charge < -0.3 is 15.0 Å². The van der Waals surface area contributed by atoms with Gasteiger partial charge in [0.15, 0.2) is 5.82 Å². The molecule has 0 bridgehead atoms. The Hall–Kier alpha value is -1.88. The van der Waals surface area contributed by atoms with Crippen molar-refractivity contribution in [1.82, 2.24) is 10.1 Å². The molecule has 5 heteroatoms. The van der Waals surface area contributed by atoms with Crippen LogP contribution in [0.5, 0.6) is 5.75 Å². The van der Waals surface area contributed by atoms with Crippen molar-refractivity contribution in [2.75, 3.05) is 7.11 Å². The minimum atomic E-state index is -0.414. The van der Waals surface area contributed by atoms with Crippen LogP contribution in [0.2, 0.25) is 0 Å². The number of para-hydroxylation sites is 1. The fourth-order valence-electron chi connectivity index (χ4n) is 3.33. The Bertz CT molecular complexity index is 672. The van der Waals surface area contributed by atoms with Crippen LogP contribution >= 0.6 is 0 Å². The van der Waals surface area contributed by atoms with E-state index in [-0.39, 0.29) is 5.41 Å². The number of hydrogen-bond acceptors (Lipinski definition) is 5. The summed E-state index contributed by atoms with van der Waals surface area (Å²) in [7, 11) is 1.69. The van der Waals surface area contributed by atoms with Gasteiger partial charge in [0.25, 0.3) is 0 Å². The van der Waals surface area contributed by atoms with Crippen LogP contribution in [-0.2, 0) is 17.4 Å². The molecule has 0 aliphatic heterocycles. The van der Waals surface area contributed by atoms with Crippen LogP contribution in [-0.4, -0.2) is 17.3 Å². The number of hydrogen-bond donors (Lipinski definition) is 1. The number of benzene rings is 1. The number of nitrogens with two attached hydrogens (primary N) is 1. The molecule has 0 radical (unpaired) electrons. The predicted octanol–water partition coefficient (Wildman–Crippen LogP) is 3.33. The van der Waals surface area contributed by atoms with Crippen LogP contribution < -0.4 is 10.5 Å². The fourth-order valence-corrected chi connectivity index (χ4v) is 3.33. The van der Waals surface area contributed by atoms with Crippen LogP contribution in [0.3, 0.4) is 0 Å². The summed E-state index contributed by atoms with van der Waals surface area (Å²) in [5, 5.41) is 4.18. The lowest BCUT2D eigenvalue weighted by atomic mass is 9.85. The van der Waals surface area contributed by atoms with Gasteiger partial charge >= 0.3 is 0 Å². The molecule has 124 valence electrons. The Morgan fingerprint density at radius 3 is 2.65 bits per heavy atom. The highest BCUT2D eigenvalue weighted by atomic mass is 16.5. The molecule has 1 aromatic carbocycles. The second-order valence-electron chi connectivity index (χ2n) is 7.16. The van der Waals surface area contributed by atoms with Crippen molar-refractivity contribution in [2.45, 2.75) is 56.9 Å². The van der Waals surface area contributed by atoms with Gasteiger partial charge in [-0.05, 0) is 30.9 Å². The molecular weight excluding hydrogens is 290 g/mol. The van der Waals surface area contributed by atoms with Gasteiger partial charge in [-0.15, -0.1) is 0 Å². The first-order chi connectivity index (χ1) is 10.9. The zero-order valence-corrected chi connectivity index (χ0v) is 14.1. The monoisotopic (exact) mass is 315 g/mol. The minimum absolute atomic E-state index is 0.283. The summed E-state index contributed by atoms with van der Waals surface area (Å²) >= 11 is 0. The molecule has 0 unspecified atom stereocenters. The first-order valence-corrected chi connectivity index (χ1v) is 8.20. The lowest BCUT2D eigenvalue weighted by Gasteiger charge is -2.21. The zero-order chi connectivity index (χ0) is 16.5. The first kappa shape index (κ1) is 16.0. The maximum absolute atomic E-state index is 6.43. The van der Waals surface area contributed by atoms with Gasteiger partial charge in [0.2, 0.25) is 5.89 Å². The highest BCUT2D eigenvalue weighted by Crippen LogP contribution is 2.36. The van der Waals surface area contributed by atoms with Gasteiger partial charge in [-0.25, -0.2) is 0 Å². The highest BCUT2D eigenvalue weighted by molar-refractivity contribution is 5.35. The summed E-state index contributed by atoms with van der Waals surface area (Å²) in [6.45, 7) is 4.21. The van der Waals surface area contributed by atoms with E-state index in [2.05, 4.69) is 30.1 Å². The Morgan fingerprint density at radius 2 is 1.96 bits per heavy atom. The number of nitrogens with zero attached hydrogens (tertiary/aromatic N) is 2. The van der Waals surface area contributed by atoms with Crippen LogP contribution in [0.15, 0.2) is 28.8 Å². The highest BCUT2D eigenvalue weighted by Gasteiger charge is 2.38. The lowest BCUT2D eigenvalue weighted by molar-refractivity contribution is 0.295. The quantitative estimate of drug-likeness (QED) is 0.916. The van der Waals surface area contributed by atoms with Crippen LogP contribution in [0.4, 0.5) is 0 Å². The molecule has 1 aliphatic carbocycles. The molecule has 1 aliphatic rings. The number of methoxy groups -OCH3 is 1. The lowest BCUT2D eigenvalue weighted by Crippen LogP contribution is -2.34. The molecule has 0 spiro atoms. The molecule has 2 aromatic rings. The summed E-state index contributed by atoms with van der Waals surface area (Å²) in [4.78, 5) is 4.64. The van der Waals surface area contributed by atoms with Gasteiger partial charge in [-0.1, -0.05) is 50.0 Å². The molecule has 5 nitrogen and oxygen atoms in total. The molecule has 23 heavy (non-hydrogen) atoms. The Kier molecular flexibility index (Phi) is 4.15. The van der Waals surface area contributed by atoms with Crippen molar-refractivity contribution in [1.29, 1.82) is 0 Å². The molecule has 0 atom stereocenters. The summed E-state index contributed by atoms with van der Waals surface area (Å²) in [6, 6.07) is 8.02. The van der Waals surface area contributed by atoms with E-state index in [0.29, 0.717) is 11.7 Å². The summed E-state index contributed by atoms with van der Waals surface area (Å²) in [6.07, 6.45) is 4.88. The maximum atomic E-state index is 6.43. The third kappa shape index (κ3) is 3.11. The van der Waals surface area contributed by atoms with Gasteiger partial charge in [0.1, 0.15) is 5.75 Å². The van der Waals surface area contributed by atoms with Gasteiger partial charge in [-0.3, -0.25) is 0 Å². The minimum Gasteiger partial charge on any atom is -0.496 e. The SMILES string of the molecule is COc1ccccc1CC(C)(C)c1nc(C2(N)CCCC2)no1. The van der Waals surface area contributed by atoms with Gasteiger partial charge in [0.05, 0.1) is 12.6 Å². The van der Waals surface area contributed by atoms with Crippen molar-refractivity contribution >= 4 is 0 Å². The fraction of sp³-hybridized carbons (Fsp3) is 0.556. The largest absolute Gasteiger partial charge is 0.496 e. The van der Waals surface area contributed by atoms with E-state index < -0.39 is 5.54 Å². The third-order valence-corrected chi connectivity index (χ3v) is 4.77. The molecule has 2 N–H and O–H groups in total. The van der Waals surface area contributed by atoms with Crippen LogP contribution in [0, 0.1) is 0 Å². The number of rotatable bonds is 5. The summed E-state index contributed by atoms with van der Waals surface area (Å²) < 4.78 is 11.0. The molecule has 0 saturated heterocycles. The first-order valence-electron chi connectivity index (χ1n) is 8.20. The second-order valence-corrected chi connectivity index (χ2v) is 7.16. The van der Waals surface area contributed by atoms with E-state index >= 15 is 0 Å². The molecule has 1 heterocycles. The van der Waals surface area contributed by atoms with E-state index in [1.54, 1.807) is 7.11 Å². The second kappa shape index (κ2) is 5.96. The Morgan fingerprint density at radius 1 is 1.26 bits per heavy atom. The molecule has 3 rings (SSSR count). The van der Waals surface area contributed by atoms with E-state index in [9.17, 15) is 0 Å². The molecular formula is C18H25N3O2. The van der Waals surface area contributed by atoms with E-state index in [1.807, 2.05) is 18.2 Å². The van der Waals surface area contributed by atoms with Crippen LogP contribution in [0.25, 0.3) is 0 Å². The van der Waals surface area contributed by atoms with Crippen molar-refractivity contribution < 1.29 is 9.26 Å². The summed E-state index contributed by atoms with van der Waals surface area (Å²) in [5.74, 6) is 2.17. The van der Waals surface area contributed by atoms with Crippen molar-refractivity contribution in [2.24, 2.45) is 5.73 Å². The van der Waals surface area contributed by atoms with Crippen molar-refractivity contribution in [3.63, 3.8) is 0 Å². The average Bonchev–Trinajstić information content (AvgIpc) is 3.17. The molecule has 1 fully saturated rings. The van der Waals surface area contributed by atoms with Crippen molar-refractivity contribution in [3.05, 3.63) is 41.5 Å².